The number of methoxy groups -OCH3 is 1. The minimum absolute atomic E-state index is 0.577. The number of benzene rings is 1. The van der Waals surface area contributed by atoms with Crippen molar-refractivity contribution in [1.82, 2.24) is 0 Å². The molecule has 0 atom stereocenters. The van der Waals surface area contributed by atoms with Gasteiger partial charge in [0.05, 0.1) is 12.8 Å². The number of anilines is 1. The van der Waals surface area contributed by atoms with Crippen LogP contribution in [-0.2, 0) is 0 Å². The zero-order valence-electron chi connectivity index (χ0n) is 8.20. The maximum atomic E-state index is 5.70. The first kappa shape index (κ1) is 10.3. The first-order chi connectivity index (χ1) is 6.13. The van der Waals surface area contributed by atoms with E-state index in [4.69, 9.17) is 10.5 Å². The van der Waals surface area contributed by atoms with Gasteiger partial charge in [-0.3, -0.25) is 0 Å². The van der Waals surface area contributed by atoms with Crippen LogP contribution in [-0.4, -0.2) is 12.4 Å². The number of hydrogen-bond donors (Lipinski definition) is 1. The van der Waals surface area contributed by atoms with Gasteiger partial charge in [0.1, 0.15) is 5.75 Å². The summed E-state index contributed by atoms with van der Waals surface area (Å²) in [5, 5.41) is 0.577. The summed E-state index contributed by atoms with van der Waals surface area (Å²) in [4.78, 5) is 1.20. The number of thioether (sulfide) groups is 1. The summed E-state index contributed by atoms with van der Waals surface area (Å²) in [6.07, 6.45) is 0. The molecule has 2 nitrogen and oxygen atoms in total. The van der Waals surface area contributed by atoms with Crippen LogP contribution >= 0.6 is 11.8 Å². The third-order valence-corrected chi connectivity index (χ3v) is 2.57. The van der Waals surface area contributed by atoms with Crippen molar-refractivity contribution in [3.8, 4) is 5.75 Å². The molecule has 72 valence electrons. The summed E-state index contributed by atoms with van der Waals surface area (Å²) in [6, 6.07) is 5.87. The lowest BCUT2D eigenvalue weighted by atomic mass is 10.3. The molecule has 2 N–H and O–H groups in total. The molecule has 0 aliphatic rings. The molecule has 0 amide bonds. The van der Waals surface area contributed by atoms with Crippen LogP contribution in [0.4, 0.5) is 5.69 Å². The van der Waals surface area contributed by atoms with Gasteiger partial charge in [-0.05, 0) is 18.2 Å². The summed E-state index contributed by atoms with van der Waals surface area (Å²) < 4.78 is 5.13. The smallest absolute Gasteiger partial charge is 0.142 e. The van der Waals surface area contributed by atoms with Crippen molar-refractivity contribution in [3.63, 3.8) is 0 Å². The molecule has 0 saturated carbocycles. The van der Waals surface area contributed by atoms with E-state index in [-0.39, 0.29) is 0 Å². The molecule has 0 saturated heterocycles. The van der Waals surface area contributed by atoms with E-state index in [0.29, 0.717) is 10.9 Å². The van der Waals surface area contributed by atoms with E-state index in [1.807, 2.05) is 18.2 Å². The van der Waals surface area contributed by atoms with E-state index in [2.05, 4.69) is 13.8 Å². The monoisotopic (exact) mass is 197 g/mol. The molecule has 1 rings (SSSR count). The van der Waals surface area contributed by atoms with E-state index in [9.17, 15) is 0 Å². The van der Waals surface area contributed by atoms with Crippen molar-refractivity contribution in [3.05, 3.63) is 18.2 Å². The van der Waals surface area contributed by atoms with Crippen molar-refractivity contribution in [2.45, 2.75) is 24.0 Å². The van der Waals surface area contributed by atoms with Gasteiger partial charge in [0.2, 0.25) is 0 Å². The third-order valence-electron chi connectivity index (χ3n) is 1.58. The molecule has 0 spiro atoms. The van der Waals surface area contributed by atoms with E-state index < -0.39 is 0 Å². The lowest BCUT2D eigenvalue weighted by Crippen LogP contribution is -1.93. The SMILES string of the molecule is COc1cc(SC(C)C)ccc1N. The molecule has 0 aromatic heterocycles. The Bertz CT molecular complexity index is 286. The molecular formula is C10H15NOS. The van der Waals surface area contributed by atoms with Gasteiger partial charge in [0, 0.05) is 10.1 Å². The molecule has 0 aliphatic carbocycles. The molecule has 0 heterocycles. The van der Waals surface area contributed by atoms with Crippen LogP contribution in [0.1, 0.15) is 13.8 Å². The van der Waals surface area contributed by atoms with E-state index >= 15 is 0 Å². The van der Waals surface area contributed by atoms with Crippen molar-refractivity contribution in [2.24, 2.45) is 0 Å². The molecule has 13 heavy (non-hydrogen) atoms. The number of ether oxygens (including phenoxy) is 1. The Balaban J connectivity index is 2.86. The Morgan fingerprint density at radius 3 is 2.62 bits per heavy atom. The van der Waals surface area contributed by atoms with Gasteiger partial charge in [-0.25, -0.2) is 0 Å². The topological polar surface area (TPSA) is 35.2 Å². The Morgan fingerprint density at radius 1 is 1.38 bits per heavy atom. The summed E-state index contributed by atoms with van der Waals surface area (Å²) in [5.41, 5.74) is 6.39. The molecular weight excluding hydrogens is 182 g/mol. The zero-order valence-corrected chi connectivity index (χ0v) is 9.02. The highest BCUT2D eigenvalue weighted by molar-refractivity contribution is 7.99. The van der Waals surface area contributed by atoms with Crippen LogP contribution in [0.5, 0.6) is 5.75 Å². The number of rotatable bonds is 3. The largest absolute Gasteiger partial charge is 0.495 e. The molecule has 1 aromatic rings. The molecule has 3 heteroatoms. The van der Waals surface area contributed by atoms with Gasteiger partial charge in [-0.2, -0.15) is 0 Å². The van der Waals surface area contributed by atoms with Crippen molar-refractivity contribution < 1.29 is 4.74 Å². The van der Waals surface area contributed by atoms with E-state index in [1.54, 1.807) is 18.9 Å². The van der Waals surface area contributed by atoms with E-state index in [0.717, 1.165) is 5.75 Å². The second-order valence-electron chi connectivity index (χ2n) is 3.07. The molecule has 0 bridgehead atoms. The number of nitrogen functional groups attached to an aromatic ring is 1. The normalized spacial score (nSPS) is 10.5. The lowest BCUT2D eigenvalue weighted by molar-refractivity contribution is 0.416. The van der Waals surface area contributed by atoms with Crippen LogP contribution in [0.3, 0.4) is 0 Å². The lowest BCUT2D eigenvalue weighted by Gasteiger charge is -2.08. The summed E-state index contributed by atoms with van der Waals surface area (Å²) in [7, 11) is 1.63. The highest BCUT2D eigenvalue weighted by atomic mass is 32.2. The first-order valence-electron chi connectivity index (χ1n) is 4.23. The Labute approximate surface area is 83.5 Å². The van der Waals surface area contributed by atoms with Crippen molar-refractivity contribution in [1.29, 1.82) is 0 Å². The highest BCUT2D eigenvalue weighted by Crippen LogP contribution is 2.30. The Hall–Kier alpha value is -0.830. The van der Waals surface area contributed by atoms with Crippen LogP contribution in [0.15, 0.2) is 23.1 Å². The van der Waals surface area contributed by atoms with Gasteiger partial charge in [-0.15, -0.1) is 11.8 Å². The predicted molar refractivity (Wildman–Crippen MR) is 58.4 cm³/mol. The van der Waals surface area contributed by atoms with Crippen LogP contribution in [0, 0.1) is 0 Å². The maximum absolute atomic E-state index is 5.70. The fourth-order valence-electron chi connectivity index (χ4n) is 1.04. The van der Waals surface area contributed by atoms with Crippen LogP contribution in [0.2, 0.25) is 0 Å². The van der Waals surface area contributed by atoms with Gasteiger partial charge in [0.25, 0.3) is 0 Å². The summed E-state index contributed by atoms with van der Waals surface area (Å²) >= 11 is 1.80. The van der Waals surface area contributed by atoms with Gasteiger partial charge in [-0.1, -0.05) is 13.8 Å². The third kappa shape index (κ3) is 2.84. The minimum Gasteiger partial charge on any atom is -0.495 e. The average molecular weight is 197 g/mol. The standard InChI is InChI=1S/C10H15NOS/c1-7(2)13-8-4-5-9(11)10(6-8)12-3/h4-7H,11H2,1-3H3. The summed E-state index contributed by atoms with van der Waals surface area (Å²) in [5.74, 6) is 0.755. The van der Waals surface area contributed by atoms with Gasteiger partial charge in [0.15, 0.2) is 0 Å². The van der Waals surface area contributed by atoms with Crippen molar-refractivity contribution >= 4 is 17.4 Å². The minimum atomic E-state index is 0.577. The van der Waals surface area contributed by atoms with Crippen LogP contribution in [0.25, 0.3) is 0 Å². The van der Waals surface area contributed by atoms with Gasteiger partial charge >= 0.3 is 0 Å². The fourth-order valence-corrected chi connectivity index (χ4v) is 1.90. The Kier molecular flexibility index (Phi) is 3.48. The average Bonchev–Trinajstić information content (AvgIpc) is 2.07. The first-order valence-corrected chi connectivity index (χ1v) is 5.11. The molecule has 1 aromatic carbocycles. The zero-order chi connectivity index (χ0) is 9.84. The maximum Gasteiger partial charge on any atom is 0.142 e. The molecule has 0 radical (unpaired) electrons. The molecule has 0 fully saturated rings. The second-order valence-corrected chi connectivity index (χ2v) is 4.72. The number of nitrogens with two attached hydrogens (primary N) is 1. The second kappa shape index (κ2) is 4.42. The van der Waals surface area contributed by atoms with Crippen molar-refractivity contribution in [2.75, 3.05) is 12.8 Å². The Morgan fingerprint density at radius 2 is 2.08 bits per heavy atom. The number of hydrogen-bond acceptors (Lipinski definition) is 3. The predicted octanol–water partition coefficient (Wildman–Crippen LogP) is 2.78. The fraction of sp³-hybridized carbons (Fsp3) is 0.400. The summed E-state index contributed by atoms with van der Waals surface area (Å²) in [6.45, 7) is 4.32. The molecule has 0 aliphatic heterocycles. The quantitative estimate of drug-likeness (QED) is 0.598. The van der Waals surface area contributed by atoms with Gasteiger partial charge < -0.3 is 10.5 Å². The van der Waals surface area contributed by atoms with E-state index in [1.165, 1.54) is 4.90 Å². The molecule has 0 unspecified atom stereocenters. The van der Waals surface area contributed by atoms with Crippen LogP contribution < -0.4 is 10.5 Å². The highest BCUT2D eigenvalue weighted by Gasteiger charge is 2.02.